The lowest BCUT2D eigenvalue weighted by Gasteiger charge is -2.45. The summed E-state index contributed by atoms with van der Waals surface area (Å²) in [5.74, 6) is 0.624. The van der Waals surface area contributed by atoms with Crippen LogP contribution >= 0.6 is 0 Å². The Balaban J connectivity index is 0.00000210. The molecule has 0 unspecified atom stereocenters. The van der Waals surface area contributed by atoms with Gasteiger partial charge in [0.25, 0.3) is 0 Å². The number of piperidine rings is 1. The SMILES string of the molecule is C[N+]1(C)[C@@H]2CC[C@@H]1CC(CC(C#N)(c1ccccc1)c1ccccc1)C2.[Br-]. The minimum absolute atomic E-state index is 0. The van der Waals surface area contributed by atoms with E-state index in [0.717, 1.165) is 29.6 Å². The lowest BCUT2D eigenvalue weighted by Crippen LogP contribution is -3.00. The summed E-state index contributed by atoms with van der Waals surface area (Å²) in [6.07, 6.45) is 6.15. The third-order valence-corrected chi connectivity index (χ3v) is 7.25. The third kappa shape index (κ3) is 3.46. The van der Waals surface area contributed by atoms with Gasteiger partial charge in [0.2, 0.25) is 0 Å². The van der Waals surface area contributed by atoms with E-state index in [1.807, 2.05) is 12.1 Å². The van der Waals surface area contributed by atoms with Gasteiger partial charge in [0.15, 0.2) is 0 Å². The maximum absolute atomic E-state index is 10.4. The maximum Gasteiger partial charge on any atom is 0.107 e. The van der Waals surface area contributed by atoms with Crippen LogP contribution in [0.3, 0.4) is 0 Å². The predicted octanol–water partition coefficient (Wildman–Crippen LogP) is 1.91. The van der Waals surface area contributed by atoms with Gasteiger partial charge in [-0.1, -0.05) is 60.7 Å². The van der Waals surface area contributed by atoms with E-state index < -0.39 is 5.41 Å². The van der Waals surface area contributed by atoms with Crippen LogP contribution in [0.5, 0.6) is 0 Å². The molecule has 0 radical (unpaired) electrons. The van der Waals surface area contributed by atoms with E-state index in [-0.39, 0.29) is 17.0 Å². The summed E-state index contributed by atoms with van der Waals surface area (Å²) in [5.41, 5.74) is 1.74. The molecule has 2 aliphatic heterocycles. The van der Waals surface area contributed by atoms with Gasteiger partial charge in [0, 0.05) is 25.7 Å². The van der Waals surface area contributed by atoms with Crippen molar-refractivity contribution in [1.82, 2.24) is 0 Å². The molecule has 27 heavy (non-hydrogen) atoms. The average molecular weight is 425 g/mol. The average Bonchev–Trinajstić information content (AvgIpc) is 2.85. The van der Waals surface area contributed by atoms with Crippen LogP contribution in [-0.4, -0.2) is 30.7 Å². The van der Waals surface area contributed by atoms with E-state index in [9.17, 15) is 5.26 Å². The fraction of sp³-hybridized carbons (Fsp3) is 0.458. The molecule has 2 atom stereocenters. The van der Waals surface area contributed by atoms with Crippen LogP contribution in [0.1, 0.15) is 43.2 Å². The van der Waals surface area contributed by atoms with Crippen LogP contribution in [0.4, 0.5) is 0 Å². The van der Waals surface area contributed by atoms with Crippen molar-refractivity contribution in [2.75, 3.05) is 14.1 Å². The molecule has 0 aromatic heterocycles. The Morgan fingerprint density at radius 2 is 1.33 bits per heavy atom. The molecule has 2 nitrogen and oxygen atoms in total. The van der Waals surface area contributed by atoms with E-state index >= 15 is 0 Å². The molecule has 2 aromatic rings. The van der Waals surface area contributed by atoms with Gasteiger partial charge in [-0.05, 0) is 23.5 Å². The van der Waals surface area contributed by atoms with Crippen molar-refractivity contribution in [1.29, 1.82) is 5.26 Å². The molecule has 2 bridgehead atoms. The first-order valence-corrected chi connectivity index (χ1v) is 9.92. The zero-order valence-corrected chi connectivity index (χ0v) is 17.9. The number of nitriles is 1. The van der Waals surface area contributed by atoms with Crippen LogP contribution in [0.15, 0.2) is 60.7 Å². The van der Waals surface area contributed by atoms with Gasteiger partial charge in [0.05, 0.1) is 32.2 Å². The first kappa shape index (κ1) is 20.1. The molecule has 142 valence electrons. The largest absolute Gasteiger partial charge is 1.00 e. The predicted molar refractivity (Wildman–Crippen MR) is 106 cm³/mol. The normalized spacial score (nSPS) is 26.0. The Kier molecular flexibility index (Phi) is 5.79. The maximum atomic E-state index is 10.4. The smallest absolute Gasteiger partial charge is 0.107 e. The minimum Gasteiger partial charge on any atom is -1.00 e. The topological polar surface area (TPSA) is 23.8 Å². The molecular formula is C24H29BrN2. The van der Waals surface area contributed by atoms with Gasteiger partial charge in [-0.15, -0.1) is 0 Å². The number of hydrogen-bond donors (Lipinski definition) is 0. The second kappa shape index (κ2) is 7.78. The monoisotopic (exact) mass is 424 g/mol. The fourth-order valence-corrected chi connectivity index (χ4v) is 5.62. The van der Waals surface area contributed by atoms with Crippen molar-refractivity contribution in [3.63, 3.8) is 0 Å². The highest BCUT2D eigenvalue weighted by atomic mass is 79.9. The zero-order valence-electron chi connectivity index (χ0n) is 16.3. The van der Waals surface area contributed by atoms with E-state index in [2.05, 4.69) is 68.7 Å². The van der Waals surface area contributed by atoms with E-state index in [4.69, 9.17) is 0 Å². The highest BCUT2D eigenvalue weighted by Crippen LogP contribution is 2.47. The Morgan fingerprint density at radius 1 is 0.889 bits per heavy atom. The summed E-state index contributed by atoms with van der Waals surface area (Å²) in [6.45, 7) is 0. The van der Waals surface area contributed by atoms with Gasteiger partial charge in [-0.2, -0.15) is 5.26 Å². The number of rotatable bonds is 4. The quantitative estimate of drug-likeness (QED) is 0.687. The molecule has 2 aromatic carbocycles. The van der Waals surface area contributed by atoms with Gasteiger partial charge in [-0.3, -0.25) is 0 Å². The van der Waals surface area contributed by atoms with Crippen LogP contribution in [0.25, 0.3) is 0 Å². The van der Waals surface area contributed by atoms with Gasteiger partial charge in [-0.25, -0.2) is 0 Å². The van der Waals surface area contributed by atoms with Gasteiger partial charge >= 0.3 is 0 Å². The van der Waals surface area contributed by atoms with Crippen molar-refractivity contribution < 1.29 is 21.5 Å². The number of benzene rings is 2. The molecule has 4 rings (SSSR count). The fourth-order valence-electron chi connectivity index (χ4n) is 5.62. The van der Waals surface area contributed by atoms with E-state index in [0.29, 0.717) is 5.92 Å². The molecule has 3 heteroatoms. The number of quaternary nitrogens is 1. The summed E-state index contributed by atoms with van der Waals surface area (Å²) in [6, 6.07) is 25.2. The molecule has 2 fully saturated rings. The molecule has 0 saturated carbocycles. The third-order valence-electron chi connectivity index (χ3n) is 7.25. The second-order valence-corrected chi connectivity index (χ2v) is 8.80. The van der Waals surface area contributed by atoms with Gasteiger partial charge in [0.1, 0.15) is 5.41 Å². The summed E-state index contributed by atoms with van der Waals surface area (Å²) in [7, 11) is 4.81. The highest BCUT2D eigenvalue weighted by Gasteiger charge is 2.50. The van der Waals surface area contributed by atoms with Gasteiger partial charge < -0.3 is 21.5 Å². The van der Waals surface area contributed by atoms with Crippen molar-refractivity contribution in [3.8, 4) is 6.07 Å². The highest BCUT2D eigenvalue weighted by molar-refractivity contribution is 5.45. The Bertz CT molecular complexity index is 739. The second-order valence-electron chi connectivity index (χ2n) is 8.80. The summed E-state index contributed by atoms with van der Waals surface area (Å²) >= 11 is 0. The number of nitrogens with zero attached hydrogens (tertiary/aromatic N) is 2. The standard InChI is InChI=1S/C24H29N2.BrH/c1-26(2)22-13-14-23(26)16-19(15-22)17-24(18-25,20-9-5-3-6-10-20)21-11-7-4-8-12-21;/h3-12,19,22-23H,13-17H2,1-2H3;1H/q+1;/p-1/t22-,23-;/m1./s1. The molecular weight excluding hydrogens is 396 g/mol. The molecule has 2 aliphatic rings. The van der Waals surface area contributed by atoms with Crippen molar-refractivity contribution in [2.24, 2.45) is 5.92 Å². The molecule has 2 saturated heterocycles. The molecule has 0 amide bonds. The number of hydrogen-bond acceptors (Lipinski definition) is 1. The first-order valence-electron chi connectivity index (χ1n) is 9.92. The van der Waals surface area contributed by atoms with Crippen molar-refractivity contribution in [3.05, 3.63) is 71.8 Å². The van der Waals surface area contributed by atoms with Crippen molar-refractivity contribution in [2.45, 2.75) is 49.6 Å². The summed E-state index contributed by atoms with van der Waals surface area (Å²) < 4.78 is 1.19. The molecule has 0 spiro atoms. The molecule has 2 heterocycles. The number of fused-ring (bicyclic) bond motifs is 2. The van der Waals surface area contributed by atoms with E-state index in [1.54, 1.807) is 0 Å². The minimum atomic E-state index is -0.541. The summed E-state index contributed by atoms with van der Waals surface area (Å²) in [5, 5.41) is 10.4. The van der Waals surface area contributed by atoms with Crippen molar-refractivity contribution >= 4 is 0 Å². The molecule has 0 aliphatic carbocycles. The first-order chi connectivity index (χ1) is 12.6. The van der Waals surface area contributed by atoms with Crippen LogP contribution < -0.4 is 17.0 Å². The van der Waals surface area contributed by atoms with Crippen LogP contribution in [0.2, 0.25) is 0 Å². The van der Waals surface area contributed by atoms with Crippen LogP contribution in [-0.2, 0) is 5.41 Å². The Hall–Kier alpha value is -1.63. The number of halogens is 1. The lowest BCUT2D eigenvalue weighted by atomic mass is 9.67. The molecule has 0 N–H and O–H groups in total. The van der Waals surface area contributed by atoms with E-state index in [1.165, 1.54) is 30.2 Å². The van der Waals surface area contributed by atoms with Crippen LogP contribution in [0, 0.1) is 17.2 Å². The Labute approximate surface area is 174 Å². The summed E-state index contributed by atoms with van der Waals surface area (Å²) in [4.78, 5) is 0. The Morgan fingerprint density at radius 3 is 1.74 bits per heavy atom. The zero-order chi connectivity index (χ0) is 18.2. The lowest BCUT2D eigenvalue weighted by molar-refractivity contribution is -0.931.